The van der Waals surface area contributed by atoms with Gasteiger partial charge in [0.1, 0.15) is 0 Å². The van der Waals surface area contributed by atoms with E-state index in [4.69, 9.17) is 0 Å². The van der Waals surface area contributed by atoms with Crippen molar-refractivity contribution >= 4 is 27.3 Å². The molecule has 0 spiro atoms. The van der Waals surface area contributed by atoms with Crippen molar-refractivity contribution in [3.05, 3.63) is 28.8 Å². The summed E-state index contributed by atoms with van der Waals surface area (Å²) in [5.41, 5.74) is 3.95. The van der Waals surface area contributed by atoms with Crippen LogP contribution in [0.1, 0.15) is 23.1 Å². The molecule has 1 aliphatic heterocycles. The van der Waals surface area contributed by atoms with Crippen molar-refractivity contribution in [1.82, 2.24) is 9.80 Å². The van der Waals surface area contributed by atoms with Crippen molar-refractivity contribution in [2.45, 2.75) is 33.2 Å². The molecule has 1 saturated heterocycles. The Hall–Kier alpha value is -1.93. The van der Waals surface area contributed by atoms with Gasteiger partial charge in [-0.1, -0.05) is 17.7 Å². The molecule has 2 rings (SSSR count). The predicted octanol–water partition coefficient (Wildman–Crippen LogP) is 1.13. The minimum atomic E-state index is -3.04. The van der Waals surface area contributed by atoms with Gasteiger partial charge in [-0.15, -0.1) is 0 Å². The minimum absolute atomic E-state index is 0.0193. The van der Waals surface area contributed by atoms with Crippen LogP contribution in [0.4, 0.5) is 5.69 Å². The molecule has 1 N–H and O–H groups in total. The molecular formula is C19H29N3O4S. The highest BCUT2D eigenvalue weighted by molar-refractivity contribution is 7.91. The second-order valence-electron chi connectivity index (χ2n) is 7.56. The highest BCUT2D eigenvalue weighted by Gasteiger charge is 2.32. The van der Waals surface area contributed by atoms with Gasteiger partial charge in [0, 0.05) is 18.8 Å². The van der Waals surface area contributed by atoms with E-state index in [0.717, 1.165) is 22.4 Å². The summed E-state index contributed by atoms with van der Waals surface area (Å²) in [4.78, 5) is 27.9. The Morgan fingerprint density at radius 2 is 1.70 bits per heavy atom. The number of rotatable bonds is 6. The first-order valence-corrected chi connectivity index (χ1v) is 10.8. The van der Waals surface area contributed by atoms with Gasteiger partial charge in [-0.25, -0.2) is 8.42 Å². The molecule has 7 nitrogen and oxygen atoms in total. The lowest BCUT2D eigenvalue weighted by Crippen LogP contribution is -2.44. The summed E-state index contributed by atoms with van der Waals surface area (Å²) in [6, 6.07) is 3.75. The van der Waals surface area contributed by atoms with Crippen molar-refractivity contribution in [2.24, 2.45) is 0 Å². The lowest BCUT2D eigenvalue weighted by atomic mass is 10.1. The molecule has 0 saturated carbocycles. The number of amides is 2. The third-order valence-electron chi connectivity index (χ3n) is 4.91. The van der Waals surface area contributed by atoms with Crippen molar-refractivity contribution in [3.8, 4) is 0 Å². The first-order valence-electron chi connectivity index (χ1n) is 9.01. The summed E-state index contributed by atoms with van der Waals surface area (Å²) in [5, 5.41) is 2.92. The maximum Gasteiger partial charge on any atom is 0.238 e. The van der Waals surface area contributed by atoms with Crippen LogP contribution in [0.2, 0.25) is 0 Å². The van der Waals surface area contributed by atoms with Crippen LogP contribution in [-0.2, 0) is 19.4 Å². The molecule has 27 heavy (non-hydrogen) atoms. The second-order valence-corrected chi connectivity index (χ2v) is 9.78. The van der Waals surface area contributed by atoms with Crippen molar-refractivity contribution in [3.63, 3.8) is 0 Å². The Morgan fingerprint density at radius 1 is 1.11 bits per heavy atom. The smallest absolute Gasteiger partial charge is 0.238 e. The Kier molecular flexibility index (Phi) is 6.64. The molecule has 1 aliphatic rings. The molecule has 1 heterocycles. The van der Waals surface area contributed by atoms with Gasteiger partial charge >= 0.3 is 0 Å². The highest BCUT2D eigenvalue weighted by Crippen LogP contribution is 2.22. The number of nitrogens with one attached hydrogen (secondary N) is 1. The summed E-state index contributed by atoms with van der Waals surface area (Å²) in [5.74, 6) is -0.227. The largest absolute Gasteiger partial charge is 0.341 e. The zero-order valence-corrected chi connectivity index (χ0v) is 17.5. The van der Waals surface area contributed by atoms with E-state index in [0.29, 0.717) is 6.42 Å². The van der Waals surface area contributed by atoms with Crippen LogP contribution in [0.3, 0.4) is 0 Å². The van der Waals surface area contributed by atoms with Gasteiger partial charge in [-0.3, -0.25) is 14.5 Å². The van der Waals surface area contributed by atoms with Crippen molar-refractivity contribution in [1.29, 1.82) is 0 Å². The van der Waals surface area contributed by atoms with Crippen LogP contribution in [0.15, 0.2) is 12.1 Å². The minimum Gasteiger partial charge on any atom is -0.341 e. The maximum absolute atomic E-state index is 12.4. The summed E-state index contributed by atoms with van der Waals surface area (Å²) in [6.07, 6.45) is 0.473. The van der Waals surface area contributed by atoms with Gasteiger partial charge < -0.3 is 10.2 Å². The van der Waals surface area contributed by atoms with E-state index in [2.05, 4.69) is 5.32 Å². The van der Waals surface area contributed by atoms with Crippen LogP contribution in [0.5, 0.6) is 0 Å². The molecule has 0 aromatic heterocycles. The van der Waals surface area contributed by atoms with E-state index in [9.17, 15) is 18.0 Å². The zero-order valence-electron chi connectivity index (χ0n) is 16.7. The van der Waals surface area contributed by atoms with Gasteiger partial charge in [-0.05, 0) is 45.4 Å². The van der Waals surface area contributed by atoms with Gasteiger partial charge in [0.15, 0.2) is 9.84 Å². The number of likely N-dealkylation sites (N-methyl/N-ethyl adjacent to an activating group) is 2. The Balaban J connectivity index is 1.89. The van der Waals surface area contributed by atoms with E-state index >= 15 is 0 Å². The molecule has 2 amide bonds. The fraction of sp³-hybridized carbons (Fsp3) is 0.579. The third kappa shape index (κ3) is 5.77. The third-order valence-corrected chi connectivity index (χ3v) is 6.66. The van der Waals surface area contributed by atoms with Crippen molar-refractivity contribution < 1.29 is 18.0 Å². The molecule has 1 aromatic carbocycles. The average molecular weight is 396 g/mol. The Labute approximate surface area is 161 Å². The van der Waals surface area contributed by atoms with Crippen LogP contribution in [0, 0.1) is 20.8 Å². The fourth-order valence-electron chi connectivity index (χ4n) is 3.48. The van der Waals surface area contributed by atoms with Crippen LogP contribution >= 0.6 is 0 Å². The molecule has 1 aromatic rings. The number of anilines is 1. The number of carbonyl (C=O) groups excluding carboxylic acids is 2. The summed E-state index contributed by atoms with van der Waals surface area (Å²) in [7, 11) is 0.287. The number of hydrogen-bond acceptors (Lipinski definition) is 5. The quantitative estimate of drug-likeness (QED) is 0.780. The molecule has 1 atom stereocenters. The number of sulfone groups is 1. The van der Waals surface area contributed by atoms with E-state index in [-0.39, 0.29) is 42.5 Å². The van der Waals surface area contributed by atoms with E-state index in [1.165, 1.54) is 4.90 Å². The SMILES string of the molecule is Cc1cc(C)c(NC(=O)CN(C)CC(=O)N(C)[C@@H]2CCS(=O)(=O)C2)c(C)c1. The molecule has 0 radical (unpaired) electrons. The summed E-state index contributed by atoms with van der Waals surface area (Å²) in [6.45, 7) is 6.06. The first-order chi connectivity index (χ1) is 12.5. The molecule has 8 heteroatoms. The van der Waals surface area contributed by atoms with Crippen LogP contribution in [0.25, 0.3) is 0 Å². The van der Waals surface area contributed by atoms with Gasteiger partial charge in [-0.2, -0.15) is 0 Å². The number of nitrogens with zero attached hydrogens (tertiary/aromatic N) is 2. The number of hydrogen-bond donors (Lipinski definition) is 1. The zero-order chi connectivity index (χ0) is 20.4. The number of aryl methyl sites for hydroxylation is 3. The standard InChI is InChI=1S/C19H29N3O4S/c1-13-8-14(2)19(15(3)9-13)20-17(23)10-21(4)11-18(24)22(5)16-6-7-27(25,26)12-16/h8-9,16H,6-7,10-12H2,1-5H3,(H,20,23)/t16-/m1/s1. The fourth-order valence-corrected chi connectivity index (χ4v) is 5.26. The maximum atomic E-state index is 12.4. The molecule has 0 aliphatic carbocycles. The Bertz CT molecular complexity index is 812. The molecule has 1 fully saturated rings. The van der Waals surface area contributed by atoms with Gasteiger partial charge in [0.2, 0.25) is 11.8 Å². The average Bonchev–Trinajstić information content (AvgIpc) is 2.89. The summed E-state index contributed by atoms with van der Waals surface area (Å²) < 4.78 is 23.2. The molecule has 0 bridgehead atoms. The topological polar surface area (TPSA) is 86.8 Å². The van der Waals surface area contributed by atoms with E-state index < -0.39 is 9.84 Å². The monoisotopic (exact) mass is 395 g/mol. The first kappa shape index (κ1) is 21.4. The highest BCUT2D eigenvalue weighted by atomic mass is 32.2. The molecule has 0 unspecified atom stereocenters. The normalized spacial score (nSPS) is 18.5. The lowest BCUT2D eigenvalue weighted by molar-refractivity contribution is -0.132. The molecule has 150 valence electrons. The van der Waals surface area contributed by atoms with E-state index in [1.807, 2.05) is 32.9 Å². The lowest BCUT2D eigenvalue weighted by Gasteiger charge is -2.26. The van der Waals surface area contributed by atoms with Crippen LogP contribution in [-0.4, -0.2) is 74.8 Å². The second kappa shape index (κ2) is 8.39. The van der Waals surface area contributed by atoms with E-state index in [1.54, 1.807) is 19.0 Å². The molecular weight excluding hydrogens is 366 g/mol. The number of carbonyl (C=O) groups is 2. The van der Waals surface area contributed by atoms with Gasteiger partial charge in [0.05, 0.1) is 24.6 Å². The predicted molar refractivity (Wildman–Crippen MR) is 107 cm³/mol. The Morgan fingerprint density at radius 3 is 2.22 bits per heavy atom. The van der Waals surface area contributed by atoms with Crippen LogP contribution < -0.4 is 5.32 Å². The number of benzene rings is 1. The van der Waals surface area contributed by atoms with Gasteiger partial charge in [0.25, 0.3) is 0 Å². The summed E-state index contributed by atoms with van der Waals surface area (Å²) >= 11 is 0. The van der Waals surface area contributed by atoms with Crippen molar-refractivity contribution in [2.75, 3.05) is 44.0 Å².